The zero-order valence-corrected chi connectivity index (χ0v) is 13.7. The Morgan fingerprint density at radius 2 is 2.05 bits per heavy atom. The number of hydrogen-bond donors (Lipinski definition) is 0. The SMILES string of the molecule is CCOc1cc(C)c(Cl)cc1S(=O)(=O)n1ccnc1CC. The second-order valence-electron chi connectivity index (χ2n) is 4.48. The summed E-state index contributed by atoms with van der Waals surface area (Å²) in [6.45, 7) is 5.82. The number of benzene rings is 1. The van der Waals surface area contributed by atoms with Crippen molar-refractivity contribution in [3.8, 4) is 5.75 Å². The van der Waals surface area contributed by atoms with Crippen LogP contribution in [0.2, 0.25) is 5.02 Å². The van der Waals surface area contributed by atoms with Crippen LogP contribution in [0.4, 0.5) is 0 Å². The molecule has 0 radical (unpaired) electrons. The summed E-state index contributed by atoms with van der Waals surface area (Å²) in [4.78, 5) is 4.10. The molecule has 0 unspecified atom stereocenters. The van der Waals surface area contributed by atoms with Crippen LogP contribution in [0.3, 0.4) is 0 Å². The number of aryl methyl sites for hydroxylation is 2. The summed E-state index contributed by atoms with van der Waals surface area (Å²) in [5.41, 5.74) is 0.764. The van der Waals surface area contributed by atoms with Crippen LogP contribution in [-0.2, 0) is 16.4 Å². The summed E-state index contributed by atoms with van der Waals surface area (Å²) in [5, 5.41) is 0.384. The molecule has 2 aromatic rings. The van der Waals surface area contributed by atoms with E-state index in [-0.39, 0.29) is 4.90 Å². The highest BCUT2D eigenvalue weighted by Gasteiger charge is 2.25. The average molecular weight is 329 g/mol. The lowest BCUT2D eigenvalue weighted by atomic mass is 10.2. The fourth-order valence-corrected chi connectivity index (χ4v) is 3.75. The monoisotopic (exact) mass is 328 g/mol. The van der Waals surface area contributed by atoms with E-state index >= 15 is 0 Å². The molecule has 0 aliphatic carbocycles. The maximum atomic E-state index is 12.8. The van der Waals surface area contributed by atoms with E-state index in [2.05, 4.69) is 4.98 Å². The molecule has 2 rings (SSSR count). The number of imidazole rings is 1. The lowest BCUT2D eigenvalue weighted by molar-refractivity contribution is 0.331. The van der Waals surface area contributed by atoms with Crippen molar-refractivity contribution in [3.63, 3.8) is 0 Å². The quantitative estimate of drug-likeness (QED) is 0.846. The molecule has 0 bridgehead atoms. The summed E-state index contributed by atoms with van der Waals surface area (Å²) in [7, 11) is -3.79. The van der Waals surface area contributed by atoms with Crippen LogP contribution in [0, 0.1) is 6.92 Å². The number of hydrogen-bond acceptors (Lipinski definition) is 4. The van der Waals surface area contributed by atoms with Crippen molar-refractivity contribution in [3.05, 3.63) is 40.9 Å². The van der Waals surface area contributed by atoms with Crippen LogP contribution >= 0.6 is 11.6 Å². The highest BCUT2D eigenvalue weighted by atomic mass is 35.5. The highest BCUT2D eigenvalue weighted by molar-refractivity contribution is 7.90. The van der Waals surface area contributed by atoms with Crippen LogP contribution in [0.15, 0.2) is 29.4 Å². The summed E-state index contributed by atoms with van der Waals surface area (Å²) >= 11 is 6.08. The number of halogens is 1. The third-order valence-electron chi connectivity index (χ3n) is 3.06. The van der Waals surface area contributed by atoms with Crippen molar-refractivity contribution < 1.29 is 13.2 Å². The van der Waals surface area contributed by atoms with Gasteiger partial charge in [0.05, 0.1) is 6.61 Å². The minimum atomic E-state index is -3.79. The molecule has 0 aliphatic heterocycles. The Morgan fingerprint density at radius 1 is 1.33 bits per heavy atom. The third-order valence-corrected chi connectivity index (χ3v) is 5.19. The van der Waals surface area contributed by atoms with Gasteiger partial charge in [0, 0.05) is 23.8 Å². The van der Waals surface area contributed by atoms with E-state index in [1.54, 1.807) is 19.9 Å². The molecule has 1 heterocycles. The Kier molecular flexibility index (Phi) is 4.58. The molecule has 0 aliphatic rings. The van der Waals surface area contributed by atoms with Crippen molar-refractivity contribution in [2.24, 2.45) is 0 Å². The van der Waals surface area contributed by atoms with Gasteiger partial charge < -0.3 is 4.74 Å². The molecule has 0 N–H and O–H groups in total. The molecule has 0 saturated carbocycles. The molecule has 5 nitrogen and oxygen atoms in total. The zero-order valence-electron chi connectivity index (χ0n) is 12.1. The number of ether oxygens (including phenoxy) is 1. The Morgan fingerprint density at radius 3 is 2.67 bits per heavy atom. The molecule has 1 aromatic heterocycles. The van der Waals surface area contributed by atoms with Gasteiger partial charge in [0.1, 0.15) is 16.5 Å². The molecule has 0 saturated heterocycles. The number of nitrogens with zero attached hydrogens (tertiary/aromatic N) is 2. The van der Waals surface area contributed by atoms with E-state index in [0.717, 1.165) is 9.54 Å². The lowest BCUT2D eigenvalue weighted by Crippen LogP contribution is -2.16. The van der Waals surface area contributed by atoms with Crippen molar-refractivity contribution in [1.82, 2.24) is 8.96 Å². The summed E-state index contributed by atoms with van der Waals surface area (Å²) in [6.07, 6.45) is 3.40. The van der Waals surface area contributed by atoms with E-state index in [4.69, 9.17) is 16.3 Å². The van der Waals surface area contributed by atoms with Crippen LogP contribution in [-0.4, -0.2) is 24.0 Å². The van der Waals surface area contributed by atoms with E-state index < -0.39 is 10.0 Å². The molecule has 0 amide bonds. The van der Waals surface area contributed by atoms with Crippen molar-refractivity contribution in [2.75, 3.05) is 6.61 Å². The van der Waals surface area contributed by atoms with Gasteiger partial charge in [-0.2, -0.15) is 0 Å². The van der Waals surface area contributed by atoms with Gasteiger partial charge in [-0.05, 0) is 31.5 Å². The second-order valence-corrected chi connectivity index (χ2v) is 6.67. The maximum Gasteiger partial charge on any atom is 0.272 e. The van der Waals surface area contributed by atoms with Crippen LogP contribution in [0.1, 0.15) is 25.2 Å². The third kappa shape index (κ3) is 2.91. The number of aromatic nitrogens is 2. The predicted octanol–water partition coefficient (Wildman–Crippen LogP) is 3.04. The molecule has 1 aromatic carbocycles. The molecule has 7 heteroatoms. The minimum absolute atomic E-state index is 0.0488. The average Bonchev–Trinajstić information content (AvgIpc) is 2.92. The van der Waals surface area contributed by atoms with Gasteiger partial charge in [-0.15, -0.1) is 0 Å². The van der Waals surface area contributed by atoms with E-state index in [0.29, 0.717) is 29.6 Å². The Labute approximate surface area is 129 Å². The summed E-state index contributed by atoms with van der Waals surface area (Å²) < 4.78 is 32.3. The summed E-state index contributed by atoms with van der Waals surface area (Å²) in [6, 6.07) is 3.07. The van der Waals surface area contributed by atoms with Gasteiger partial charge in [0.15, 0.2) is 0 Å². The largest absolute Gasteiger partial charge is 0.492 e. The predicted molar refractivity (Wildman–Crippen MR) is 81.5 cm³/mol. The first-order valence-electron chi connectivity index (χ1n) is 6.62. The van der Waals surface area contributed by atoms with Gasteiger partial charge >= 0.3 is 0 Å². The number of rotatable bonds is 5. The van der Waals surface area contributed by atoms with E-state index in [1.165, 1.54) is 18.5 Å². The second kappa shape index (κ2) is 6.07. The first-order chi connectivity index (χ1) is 9.91. The zero-order chi connectivity index (χ0) is 15.6. The molecule has 0 fully saturated rings. The molecule has 114 valence electrons. The fourth-order valence-electron chi connectivity index (χ4n) is 2.00. The first kappa shape index (κ1) is 15.9. The topological polar surface area (TPSA) is 61.2 Å². The standard InChI is InChI=1S/C14H17ClN2O3S/c1-4-14-16-6-7-17(14)21(18,19)13-9-11(15)10(3)8-12(13)20-5-2/h6-9H,4-5H2,1-3H3. The molecule has 0 spiro atoms. The first-order valence-corrected chi connectivity index (χ1v) is 8.44. The van der Waals surface area contributed by atoms with Gasteiger partial charge in [-0.25, -0.2) is 17.4 Å². The van der Waals surface area contributed by atoms with Gasteiger partial charge in [0.2, 0.25) is 0 Å². The maximum absolute atomic E-state index is 12.8. The Balaban J connectivity index is 2.67. The van der Waals surface area contributed by atoms with E-state index in [9.17, 15) is 8.42 Å². The fraction of sp³-hybridized carbons (Fsp3) is 0.357. The van der Waals surface area contributed by atoms with Crippen molar-refractivity contribution in [2.45, 2.75) is 32.1 Å². The highest BCUT2D eigenvalue weighted by Crippen LogP contribution is 2.32. The van der Waals surface area contributed by atoms with Crippen LogP contribution < -0.4 is 4.74 Å². The molecular formula is C14H17ClN2O3S. The molecular weight excluding hydrogens is 312 g/mol. The van der Waals surface area contributed by atoms with Gasteiger partial charge in [-0.1, -0.05) is 18.5 Å². The Bertz CT molecular complexity index is 754. The van der Waals surface area contributed by atoms with Gasteiger partial charge in [0.25, 0.3) is 10.0 Å². The minimum Gasteiger partial charge on any atom is -0.492 e. The lowest BCUT2D eigenvalue weighted by Gasteiger charge is -2.14. The smallest absolute Gasteiger partial charge is 0.272 e. The van der Waals surface area contributed by atoms with Crippen molar-refractivity contribution >= 4 is 21.6 Å². The molecule has 21 heavy (non-hydrogen) atoms. The van der Waals surface area contributed by atoms with Crippen LogP contribution in [0.5, 0.6) is 5.75 Å². The van der Waals surface area contributed by atoms with Crippen LogP contribution in [0.25, 0.3) is 0 Å². The van der Waals surface area contributed by atoms with E-state index in [1.807, 2.05) is 6.92 Å². The van der Waals surface area contributed by atoms with Crippen molar-refractivity contribution in [1.29, 1.82) is 0 Å². The normalized spacial score (nSPS) is 11.6. The molecule has 0 atom stereocenters. The Hall–Kier alpha value is -1.53. The van der Waals surface area contributed by atoms with Gasteiger partial charge in [-0.3, -0.25) is 0 Å². The summed E-state index contributed by atoms with van der Waals surface area (Å²) in [5.74, 6) is 0.768.